The highest BCUT2D eigenvalue weighted by atomic mass is 19.1. The molecule has 0 aromatic carbocycles. The van der Waals surface area contributed by atoms with Crippen LogP contribution < -0.4 is 0 Å². The molecule has 0 amide bonds. The van der Waals surface area contributed by atoms with Gasteiger partial charge in [0.15, 0.2) is 0 Å². The Morgan fingerprint density at radius 3 is 2.29 bits per heavy atom. The minimum Gasteiger partial charge on any atom is -0.247 e. The molecule has 2 rings (SSSR count). The van der Waals surface area contributed by atoms with E-state index in [4.69, 9.17) is 0 Å². The molecule has 0 aliphatic heterocycles. The van der Waals surface area contributed by atoms with Gasteiger partial charge in [-0.3, -0.25) is 0 Å². The Hall–Kier alpha value is -0.0700. The van der Waals surface area contributed by atoms with Gasteiger partial charge in [-0.15, -0.1) is 0 Å². The highest BCUT2D eigenvalue weighted by Gasteiger charge is 2.35. The molecule has 2 saturated carbocycles. The van der Waals surface area contributed by atoms with Crippen molar-refractivity contribution in [3.8, 4) is 0 Å². The lowest BCUT2D eigenvalue weighted by Crippen LogP contribution is -2.31. The molecule has 0 aromatic rings. The highest BCUT2D eigenvalue weighted by molar-refractivity contribution is 4.85. The van der Waals surface area contributed by atoms with Crippen LogP contribution in [-0.2, 0) is 0 Å². The first-order valence-corrected chi connectivity index (χ1v) is 9.74. The van der Waals surface area contributed by atoms with Crippen molar-refractivity contribution >= 4 is 0 Å². The first kappa shape index (κ1) is 17.3. The van der Waals surface area contributed by atoms with E-state index >= 15 is 0 Å². The van der Waals surface area contributed by atoms with Crippen LogP contribution in [0.15, 0.2) is 0 Å². The van der Waals surface area contributed by atoms with E-state index in [1.54, 1.807) is 0 Å². The number of halogens is 1. The summed E-state index contributed by atoms with van der Waals surface area (Å²) in [4.78, 5) is 0. The zero-order chi connectivity index (χ0) is 15.2. The Labute approximate surface area is 132 Å². The van der Waals surface area contributed by atoms with Crippen molar-refractivity contribution in [2.24, 2.45) is 29.6 Å². The second kappa shape index (κ2) is 8.53. The summed E-state index contributed by atoms with van der Waals surface area (Å²) < 4.78 is 14.5. The number of alkyl halides is 1. The van der Waals surface area contributed by atoms with Crippen molar-refractivity contribution in [1.82, 2.24) is 0 Å². The normalized spacial score (nSPS) is 39.1. The summed E-state index contributed by atoms with van der Waals surface area (Å²) in [6.45, 7) is 6.97. The van der Waals surface area contributed by atoms with Crippen molar-refractivity contribution in [1.29, 1.82) is 0 Å². The maximum Gasteiger partial charge on any atom is 0.103 e. The SMILES string of the molecule is CCC(C)CCCC1CCC(C2CCC(C)CC2)CC1F. The van der Waals surface area contributed by atoms with Gasteiger partial charge in [0.25, 0.3) is 0 Å². The Kier molecular flexibility index (Phi) is 7.02. The lowest BCUT2D eigenvalue weighted by Gasteiger charge is -2.39. The maximum absolute atomic E-state index is 14.5. The molecule has 21 heavy (non-hydrogen) atoms. The molecule has 0 heterocycles. The smallest absolute Gasteiger partial charge is 0.103 e. The Balaban J connectivity index is 1.69. The number of rotatable bonds is 6. The van der Waals surface area contributed by atoms with Crippen LogP contribution in [0.1, 0.15) is 91.4 Å². The molecule has 0 nitrogen and oxygen atoms in total. The lowest BCUT2D eigenvalue weighted by molar-refractivity contribution is 0.0726. The average molecular weight is 297 g/mol. The third-order valence-corrected chi connectivity index (χ3v) is 6.64. The summed E-state index contributed by atoms with van der Waals surface area (Å²) in [5, 5.41) is 0. The van der Waals surface area contributed by atoms with Crippen LogP contribution in [0.4, 0.5) is 4.39 Å². The van der Waals surface area contributed by atoms with Crippen molar-refractivity contribution < 1.29 is 4.39 Å². The molecule has 0 aromatic heterocycles. The Bertz CT molecular complexity index is 280. The first-order valence-electron chi connectivity index (χ1n) is 9.74. The number of hydrogen-bond donors (Lipinski definition) is 0. The fourth-order valence-electron chi connectivity index (χ4n) is 4.65. The molecule has 0 bridgehead atoms. The van der Waals surface area contributed by atoms with Gasteiger partial charge in [-0.1, -0.05) is 52.9 Å². The summed E-state index contributed by atoms with van der Waals surface area (Å²) >= 11 is 0. The zero-order valence-corrected chi connectivity index (χ0v) is 14.6. The molecule has 0 spiro atoms. The average Bonchev–Trinajstić information content (AvgIpc) is 2.49. The fourth-order valence-corrected chi connectivity index (χ4v) is 4.65. The predicted molar refractivity (Wildman–Crippen MR) is 90.2 cm³/mol. The van der Waals surface area contributed by atoms with Gasteiger partial charge in [0.1, 0.15) is 6.17 Å². The molecule has 0 radical (unpaired) electrons. The second-order valence-corrected chi connectivity index (χ2v) is 8.31. The van der Waals surface area contributed by atoms with Crippen molar-refractivity contribution in [3.63, 3.8) is 0 Å². The first-order chi connectivity index (χ1) is 10.1. The van der Waals surface area contributed by atoms with E-state index < -0.39 is 6.17 Å². The molecular weight excluding hydrogens is 259 g/mol. The number of hydrogen-bond acceptors (Lipinski definition) is 0. The van der Waals surface area contributed by atoms with Gasteiger partial charge in [-0.2, -0.15) is 0 Å². The fraction of sp³-hybridized carbons (Fsp3) is 1.00. The van der Waals surface area contributed by atoms with Crippen LogP contribution in [0.5, 0.6) is 0 Å². The standard InChI is InChI=1S/C20H37F/c1-4-15(2)6-5-7-18-12-13-19(14-20(18)21)17-10-8-16(3)9-11-17/h15-20H,4-14H2,1-3H3. The molecule has 1 heteroatoms. The highest BCUT2D eigenvalue weighted by Crippen LogP contribution is 2.43. The van der Waals surface area contributed by atoms with Gasteiger partial charge in [0, 0.05) is 0 Å². The van der Waals surface area contributed by atoms with Gasteiger partial charge in [-0.05, 0) is 68.1 Å². The summed E-state index contributed by atoms with van der Waals surface area (Å²) in [5.41, 5.74) is 0. The Morgan fingerprint density at radius 1 is 1.00 bits per heavy atom. The maximum atomic E-state index is 14.5. The minimum atomic E-state index is -0.500. The summed E-state index contributed by atoms with van der Waals surface area (Å²) in [5.74, 6) is 3.68. The molecule has 0 N–H and O–H groups in total. The largest absolute Gasteiger partial charge is 0.247 e. The predicted octanol–water partition coefficient (Wildman–Crippen LogP) is 6.78. The lowest BCUT2D eigenvalue weighted by atomic mass is 9.68. The third-order valence-electron chi connectivity index (χ3n) is 6.64. The summed E-state index contributed by atoms with van der Waals surface area (Å²) in [6.07, 6.45) is 13.3. The van der Waals surface area contributed by atoms with Gasteiger partial charge in [0.05, 0.1) is 0 Å². The van der Waals surface area contributed by atoms with Gasteiger partial charge in [-0.25, -0.2) is 4.39 Å². The Morgan fingerprint density at radius 2 is 1.67 bits per heavy atom. The van der Waals surface area contributed by atoms with Gasteiger partial charge >= 0.3 is 0 Å². The van der Waals surface area contributed by atoms with E-state index in [-0.39, 0.29) is 0 Å². The molecule has 4 unspecified atom stereocenters. The van der Waals surface area contributed by atoms with Crippen molar-refractivity contribution in [2.75, 3.05) is 0 Å². The molecular formula is C20H37F. The van der Waals surface area contributed by atoms with Crippen LogP contribution in [0.25, 0.3) is 0 Å². The third kappa shape index (κ3) is 5.25. The second-order valence-electron chi connectivity index (χ2n) is 8.31. The van der Waals surface area contributed by atoms with Crippen LogP contribution in [0.2, 0.25) is 0 Å². The molecule has 124 valence electrons. The molecule has 2 fully saturated rings. The molecule has 4 atom stereocenters. The van der Waals surface area contributed by atoms with E-state index in [1.165, 1.54) is 57.8 Å². The quantitative estimate of drug-likeness (QED) is 0.506. The monoisotopic (exact) mass is 296 g/mol. The van der Waals surface area contributed by atoms with Crippen molar-refractivity contribution in [2.45, 2.75) is 97.6 Å². The van der Waals surface area contributed by atoms with E-state index in [1.807, 2.05) is 0 Å². The minimum absolute atomic E-state index is 0.382. The molecule has 2 aliphatic rings. The van der Waals surface area contributed by atoms with Crippen LogP contribution in [0, 0.1) is 29.6 Å². The summed E-state index contributed by atoms with van der Waals surface area (Å²) in [7, 11) is 0. The van der Waals surface area contributed by atoms with Crippen LogP contribution in [0.3, 0.4) is 0 Å². The van der Waals surface area contributed by atoms with Crippen LogP contribution in [-0.4, -0.2) is 6.17 Å². The van der Waals surface area contributed by atoms with E-state index in [0.717, 1.165) is 30.6 Å². The van der Waals surface area contributed by atoms with Gasteiger partial charge in [0.2, 0.25) is 0 Å². The van der Waals surface area contributed by atoms with E-state index in [2.05, 4.69) is 20.8 Å². The topological polar surface area (TPSA) is 0 Å². The zero-order valence-electron chi connectivity index (χ0n) is 14.6. The van der Waals surface area contributed by atoms with Crippen molar-refractivity contribution in [3.05, 3.63) is 0 Å². The molecule has 0 saturated heterocycles. The van der Waals surface area contributed by atoms with Gasteiger partial charge < -0.3 is 0 Å². The van der Waals surface area contributed by atoms with Crippen LogP contribution >= 0.6 is 0 Å². The van der Waals surface area contributed by atoms with E-state index in [9.17, 15) is 4.39 Å². The van der Waals surface area contributed by atoms with E-state index in [0.29, 0.717) is 11.8 Å². The molecule has 2 aliphatic carbocycles. The summed E-state index contributed by atoms with van der Waals surface area (Å²) in [6, 6.07) is 0.